The largest absolute Gasteiger partial charge is 0.394 e. The second-order valence-corrected chi connectivity index (χ2v) is 5.31. The molecule has 1 aromatic rings. The van der Waals surface area contributed by atoms with Gasteiger partial charge < -0.3 is 25.4 Å². The highest BCUT2D eigenvalue weighted by molar-refractivity contribution is 5.44. The van der Waals surface area contributed by atoms with E-state index in [-0.39, 0.29) is 18.6 Å². The molecule has 0 unspecified atom stereocenters. The number of hydrogen-bond acceptors (Lipinski definition) is 8. The standard InChI is InChI=1S/C13H24N6O2/c1-9(2)10(8-20)15-12-16-11(14-3)17-13(18-12)19-4-6-21-7-5-19/h9-10,20H,4-8H2,1-3H3,(H2,14,15,16,17,18)/t10-/m1/s1. The first-order chi connectivity index (χ1) is 10.1. The number of hydrogen-bond donors (Lipinski definition) is 3. The molecule has 0 amide bonds. The summed E-state index contributed by atoms with van der Waals surface area (Å²) in [6.07, 6.45) is 0. The van der Waals surface area contributed by atoms with E-state index < -0.39 is 0 Å². The van der Waals surface area contributed by atoms with Crippen molar-refractivity contribution in [2.24, 2.45) is 5.92 Å². The Morgan fingerprint density at radius 1 is 1.19 bits per heavy atom. The van der Waals surface area contributed by atoms with Crippen molar-refractivity contribution >= 4 is 17.8 Å². The Morgan fingerprint density at radius 3 is 2.43 bits per heavy atom. The molecule has 3 N–H and O–H groups in total. The zero-order valence-corrected chi connectivity index (χ0v) is 12.8. The van der Waals surface area contributed by atoms with Gasteiger partial charge in [0.2, 0.25) is 17.8 Å². The Balaban J connectivity index is 2.20. The van der Waals surface area contributed by atoms with Crippen molar-refractivity contribution in [2.45, 2.75) is 19.9 Å². The molecule has 2 rings (SSSR count). The Bertz CT molecular complexity index is 450. The van der Waals surface area contributed by atoms with Crippen LogP contribution in [0.1, 0.15) is 13.8 Å². The van der Waals surface area contributed by atoms with E-state index in [4.69, 9.17) is 4.74 Å². The van der Waals surface area contributed by atoms with Gasteiger partial charge in [0.1, 0.15) is 0 Å². The number of aliphatic hydroxyl groups is 1. The number of anilines is 3. The number of ether oxygens (including phenoxy) is 1. The summed E-state index contributed by atoms with van der Waals surface area (Å²) in [5.41, 5.74) is 0. The number of nitrogens with one attached hydrogen (secondary N) is 2. The maximum atomic E-state index is 9.43. The first-order valence-electron chi connectivity index (χ1n) is 7.28. The van der Waals surface area contributed by atoms with Crippen LogP contribution >= 0.6 is 0 Å². The second kappa shape index (κ2) is 7.37. The number of morpholine rings is 1. The molecule has 8 nitrogen and oxygen atoms in total. The van der Waals surface area contributed by atoms with Crippen LogP contribution in [0.4, 0.5) is 17.8 Å². The maximum absolute atomic E-state index is 9.43. The van der Waals surface area contributed by atoms with Gasteiger partial charge in [-0.25, -0.2) is 0 Å². The number of nitrogens with zero attached hydrogens (tertiary/aromatic N) is 4. The van der Waals surface area contributed by atoms with Crippen molar-refractivity contribution in [1.29, 1.82) is 0 Å². The molecule has 1 aromatic heterocycles. The SMILES string of the molecule is CNc1nc(N[C@H](CO)C(C)C)nc(N2CCOCC2)n1. The van der Waals surface area contributed by atoms with Gasteiger partial charge in [-0.15, -0.1) is 0 Å². The van der Waals surface area contributed by atoms with Gasteiger partial charge in [-0.1, -0.05) is 13.8 Å². The van der Waals surface area contributed by atoms with Crippen LogP contribution in [-0.2, 0) is 4.74 Å². The Morgan fingerprint density at radius 2 is 1.86 bits per heavy atom. The third-order valence-electron chi connectivity index (χ3n) is 3.46. The highest BCUT2D eigenvalue weighted by Gasteiger charge is 2.18. The van der Waals surface area contributed by atoms with E-state index in [2.05, 4.69) is 30.5 Å². The molecule has 1 aliphatic heterocycles. The van der Waals surface area contributed by atoms with Crippen LogP contribution < -0.4 is 15.5 Å². The van der Waals surface area contributed by atoms with Crippen LogP contribution in [0.5, 0.6) is 0 Å². The van der Waals surface area contributed by atoms with Crippen LogP contribution in [0.15, 0.2) is 0 Å². The molecular weight excluding hydrogens is 272 g/mol. The summed E-state index contributed by atoms with van der Waals surface area (Å²) in [6, 6.07) is -0.0883. The Labute approximate surface area is 125 Å². The van der Waals surface area contributed by atoms with Crippen LogP contribution in [0.2, 0.25) is 0 Å². The molecule has 1 aliphatic rings. The van der Waals surface area contributed by atoms with Gasteiger partial charge in [-0.2, -0.15) is 15.0 Å². The van der Waals surface area contributed by atoms with Crippen LogP contribution in [0.3, 0.4) is 0 Å². The van der Waals surface area contributed by atoms with Crippen molar-refractivity contribution in [3.8, 4) is 0 Å². The average molecular weight is 296 g/mol. The maximum Gasteiger partial charge on any atom is 0.232 e. The van der Waals surface area contributed by atoms with Crippen molar-refractivity contribution in [3.05, 3.63) is 0 Å². The Kier molecular flexibility index (Phi) is 5.51. The molecule has 1 atom stereocenters. The molecule has 1 saturated heterocycles. The summed E-state index contributed by atoms with van der Waals surface area (Å²) in [4.78, 5) is 15.2. The fourth-order valence-corrected chi connectivity index (χ4v) is 2.03. The molecule has 8 heteroatoms. The van der Waals surface area contributed by atoms with Gasteiger partial charge in [0.05, 0.1) is 25.9 Å². The molecule has 1 fully saturated rings. The summed E-state index contributed by atoms with van der Waals surface area (Å²) in [6.45, 7) is 6.99. The molecule has 0 bridgehead atoms. The minimum absolute atomic E-state index is 0.0329. The number of aliphatic hydroxyl groups excluding tert-OH is 1. The summed E-state index contributed by atoms with van der Waals surface area (Å²) < 4.78 is 5.34. The highest BCUT2D eigenvalue weighted by Crippen LogP contribution is 2.16. The van der Waals surface area contributed by atoms with E-state index in [1.807, 2.05) is 13.8 Å². The molecule has 2 heterocycles. The van der Waals surface area contributed by atoms with Crippen LogP contribution in [0, 0.1) is 5.92 Å². The quantitative estimate of drug-likeness (QED) is 0.684. The normalized spacial score (nSPS) is 16.9. The lowest BCUT2D eigenvalue weighted by molar-refractivity contribution is 0.122. The molecule has 0 radical (unpaired) electrons. The smallest absolute Gasteiger partial charge is 0.232 e. The van der Waals surface area contributed by atoms with E-state index in [9.17, 15) is 5.11 Å². The summed E-state index contributed by atoms with van der Waals surface area (Å²) >= 11 is 0. The average Bonchev–Trinajstić information content (AvgIpc) is 2.52. The first kappa shape index (κ1) is 15.7. The van der Waals surface area contributed by atoms with Crippen LogP contribution in [-0.4, -0.2) is 66.1 Å². The van der Waals surface area contributed by atoms with E-state index >= 15 is 0 Å². The van der Waals surface area contributed by atoms with E-state index in [0.29, 0.717) is 31.1 Å². The molecule has 118 valence electrons. The minimum Gasteiger partial charge on any atom is -0.394 e. The van der Waals surface area contributed by atoms with Crippen molar-refractivity contribution in [2.75, 3.05) is 55.5 Å². The lowest BCUT2D eigenvalue weighted by Crippen LogP contribution is -2.38. The fraction of sp³-hybridized carbons (Fsp3) is 0.769. The molecule has 0 aliphatic carbocycles. The molecule has 0 spiro atoms. The molecule has 21 heavy (non-hydrogen) atoms. The van der Waals surface area contributed by atoms with Gasteiger partial charge >= 0.3 is 0 Å². The molecule has 0 saturated carbocycles. The van der Waals surface area contributed by atoms with Crippen molar-refractivity contribution < 1.29 is 9.84 Å². The summed E-state index contributed by atoms with van der Waals surface area (Å²) in [5, 5.41) is 15.5. The predicted molar refractivity (Wildman–Crippen MR) is 81.7 cm³/mol. The zero-order chi connectivity index (χ0) is 15.2. The van der Waals surface area contributed by atoms with Crippen molar-refractivity contribution in [3.63, 3.8) is 0 Å². The lowest BCUT2D eigenvalue weighted by Gasteiger charge is -2.27. The fourth-order valence-electron chi connectivity index (χ4n) is 2.03. The summed E-state index contributed by atoms with van der Waals surface area (Å²) in [5.74, 6) is 1.88. The number of rotatable bonds is 6. The Hall–Kier alpha value is -1.67. The highest BCUT2D eigenvalue weighted by atomic mass is 16.5. The summed E-state index contributed by atoms with van der Waals surface area (Å²) in [7, 11) is 1.77. The topological polar surface area (TPSA) is 95.4 Å². The first-order valence-corrected chi connectivity index (χ1v) is 7.28. The van der Waals surface area contributed by atoms with Crippen molar-refractivity contribution in [1.82, 2.24) is 15.0 Å². The van der Waals surface area contributed by atoms with E-state index in [1.54, 1.807) is 7.05 Å². The van der Waals surface area contributed by atoms with Gasteiger partial charge in [-0.3, -0.25) is 0 Å². The third-order valence-corrected chi connectivity index (χ3v) is 3.46. The van der Waals surface area contributed by atoms with Gasteiger partial charge in [-0.05, 0) is 5.92 Å². The molecule has 0 aromatic carbocycles. The van der Waals surface area contributed by atoms with Gasteiger partial charge in [0, 0.05) is 20.1 Å². The lowest BCUT2D eigenvalue weighted by atomic mass is 10.1. The van der Waals surface area contributed by atoms with E-state index in [0.717, 1.165) is 13.1 Å². The monoisotopic (exact) mass is 296 g/mol. The second-order valence-electron chi connectivity index (χ2n) is 5.31. The minimum atomic E-state index is -0.0883. The predicted octanol–water partition coefficient (Wildman–Crippen LogP) is 0.179. The number of aromatic nitrogens is 3. The zero-order valence-electron chi connectivity index (χ0n) is 12.8. The molecular formula is C13H24N6O2. The third kappa shape index (κ3) is 4.15. The van der Waals surface area contributed by atoms with Gasteiger partial charge in [0.15, 0.2) is 0 Å². The van der Waals surface area contributed by atoms with Gasteiger partial charge in [0.25, 0.3) is 0 Å². The van der Waals surface area contributed by atoms with Crippen LogP contribution in [0.25, 0.3) is 0 Å². The van der Waals surface area contributed by atoms with E-state index in [1.165, 1.54) is 0 Å².